The van der Waals surface area contributed by atoms with Gasteiger partial charge in [-0.3, -0.25) is 18.8 Å². The van der Waals surface area contributed by atoms with E-state index >= 15 is 0 Å². The van der Waals surface area contributed by atoms with Crippen LogP contribution in [-0.2, 0) is 31.8 Å². The molecule has 17 heteroatoms. The van der Waals surface area contributed by atoms with Crippen LogP contribution < -0.4 is 18.2 Å². The Labute approximate surface area is 223 Å². The van der Waals surface area contributed by atoms with Gasteiger partial charge in [-0.1, -0.05) is 6.07 Å². The minimum Gasteiger partial charge on any atom is -0.369 e. The predicted octanol–water partition coefficient (Wildman–Crippen LogP) is 2.55. The van der Waals surface area contributed by atoms with Crippen molar-refractivity contribution in [3.8, 4) is 11.5 Å². The number of carbonyl (C=O) groups is 1. The van der Waals surface area contributed by atoms with Crippen LogP contribution in [0.15, 0.2) is 36.4 Å². The molecule has 1 saturated heterocycles. The highest BCUT2D eigenvalue weighted by atomic mass is 32.3. The Hall–Kier alpha value is -3.12. The highest BCUT2D eigenvalue weighted by molar-refractivity contribution is 7.81. The van der Waals surface area contributed by atoms with E-state index in [-0.39, 0.29) is 37.0 Å². The van der Waals surface area contributed by atoms with Gasteiger partial charge in [-0.25, -0.2) is 0 Å². The van der Waals surface area contributed by atoms with Crippen molar-refractivity contribution in [2.45, 2.75) is 20.0 Å². The number of hydrogen-bond donors (Lipinski definition) is 2. The van der Waals surface area contributed by atoms with Crippen molar-refractivity contribution in [2.24, 2.45) is 0 Å². The highest BCUT2D eigenvalue weighted by Gasteiger charge is 2.33. The fraction of sp³-hybridized carbons (Fsp3) is 0.409. The highest BCUT2D eigenvalue weighted by Crippen LogP contribution is 2.36. The molecule has 0 spiro atoms. The molecule has 1 aliphatic heterocycles. The van der Waals surface area contributed by atoms with Crippen LogP contribution in [0.3, 0.4) is 0 Å². The zero-order chi connectivity index (χ0) is 29.2. The summed E-state index contributed by atoms with van der Waals surface area (Å²) in [5, 5.41) is 0. The van der Waals surface area contributed by atoms with Crippen molar-refractivity contribution < 1.29 is 52.3 Å². The Balaban J connectivity index is 1.70. The number of amides is 1. The summed E-state index contributed by atoms with van der Waals surface area (Å²) in [6, 6.07) is 6.57. The van der Waals surface area contributed by atoms with E-state index < -0.39 is 38.3 Å². The standard InChI is InChI=1S/C22H26F3N3O9S2/c1-15-3-4-19(36-38(30,31)32)14-21(15)28(16(2)29)10-7-26-5-8-27(9-6-26)18-11-17(22(23,24)25)12-20(13-18)37-39(33,34)35/h3-4,11-14H,5-10H2,1-2H3,(H,30,31,32)(H,33,34,35). The molecule has 1 aliphatic rings. The molecular weight excluding hydrogens is 571 g/mol. The van der Waals surface area contributed by atoms with E-state index in [0.29, 0.717) is 37.0 Å². The fourth-order valence-electron chi connectivity index (χ4n) is 4.07. The lowest BCUT2D eigenvalue weighted by molar-refractivity contribution is -0.137. The van der Waals surface area contributed by atoms with Crippen LogP contribution in [0.1, 0.15) is 18.1 Å². The first-order chi connectivity index (χ1) is 17.9. The molecule has 0 aromatic heterocycles. The van der Waals surface area contributed by atoms with Gasteiger partial charge in [0.05, 0.1) is 11.3 Å². The number of carbonyl (C=O) groups excluding carboxylic acids is 1. The molecule has 2 aromatic rings. The second-order valence-corrected chi connectivity index (χ2v) is 10.7. The number of piperazine rings is 1. The molecule has 216 valence electrons. The van der Waals surface area contributed by atoms with E-state index in [1.807, 2.05) is 4.90 Å². The third kappa shape index (κ3) is 8.96. The molecule has 1 fully saturated rings. The summed E-state index contributed by atoms with van der Waals surface area (Å²) in [4.78, 5) is 17.3. The van der Waals surface area contributed by atoms with Crippen LogP contribution in [-0.4, -0.2) is 76.0 Å². The Morgan fingerprint density at radius 3 is 2.08 bits per heavy atom. The number of nitrogens with zero attached hydrogens (tertiary/aromatic N) is 3. The summed E-state index contributed by atoms with van der Waals surface area (Å²) in [5.41, 5.74) is -0.0729. The van der Waals surface area contributed by atoms with Crippen molar-refractivity contribution in [1.82, 2.24) is 4.90 Å². The van der Waals surface area contributed by atoms with Crippen molar-refractivity contribution >= 4 is 38.1 Å². The molecule has 39 heavy (non-hydrogen) atoms. The molecule has 0 saturated carbocycles. The van der Waals surface area contributed by atoms with E-state index in [0.717, 1.165) is 12.1 Å². The Bertz CT molecular complexity index is 1430. The van der Waals surface area contributed by atoms with Gasteiger partial charge in [0.25, 0.3) is 0 Å². The maximum Gasteiger partial charge on any atom is 0.446 e. The molecule has 1 amide bonds. The minimum absolute atomic E-state index is 0.0553. The third-order valence-electron chi connectivity index (χ3n) is 5.85. The summed E-state index contributed by atoms with van der Waals surface area (Å²) in [5.74, 6) is -1.20. The number of benzene rings is 2. The van der Waals surface area contributed by atoms with Gasteiger partial charge in [0.1, 0.15) is 11.5 Å². The number of alkyl halides is 3. The van der Waals surface area contributed by atoms with Crippen LogP contribution >= 0.6 is 0 Å². The molecule has 2 N–H and O–H groups in total. The van der Waals surface area contributed by atoms with E-state index in [2.05, 4.69) is 8.37 Å². The van der Waals surface area contributed by atoms with E-state index in [9.17, 15) is 34.8 Å². The van der Waals surface area contributed by atoms with Crippen molar-refractivity contribution in [2.75, 3.05) is 49.1 Å². The van der Waals surface area contributed by atoms with Gasteiger partial charge in [0.2, 0.25) is 5.91 Å². The average molecular weight is 598 g/mol. The summed E-state index contributed by atoms with van der Waals surface area (Å²) in [6.07, 6.45) is -4.78. The average Bonchev–Trinajstić information content (AvgIpc) is 2.78. The van der Waals surface area contributed by atoms with E-state index in [1.54, 1.807) is 11.8 Å². The maximum atomic E-state index is 13.3. The quantitative estimate of drug-likeness (QED) is 0.410. The fourth-order valence-corrected chi connectivity index (χ4v) is 4.76. The van der Waals surface area contributed by atoms with Gasteiger partial charge in [-0.05, 0) is 30.7 Å². The van der Waals surface area contributed by atoms with Crippen molar-refractivity contribution in [1.29, 1.82) is 0 Å². The van der Waals surface area contributed by atoms with E-state index in [1.165, 1.54) is 30.0 Å². The number of hydrogen-bond acceptors (Lipinski definition) is 9. The summed E-state index contributed by atoms with van der Waals surface area (Å²) in [6.45, 7) is 4.91. The van der Waals surface area contributed by atoms with Crippen LogP contribution in [0.25, 0.3) is 0 Å². The topological polar surface area (TPSA) is 154 Å². The maximum absolute atomic E-state index is 13.3. The minimum atomic E-state index is -5.03. The second-order valence-electron chi connectivity index (χ2n) is 8.68. The molecule has 12 nitrogen and oxygen atoms in total. The Morgan fingerprint density at radius 2 is 1.54 bits per heavy atom. The van der Waals surface area contributed by atoms with Gasteiger partial charge >= 0.3 is 27.0 Å². The Morgan fingerprint density at radius 1 is 0.949 bits per heavy atom. The molecule has 0 unspecified atom stereocenters. The molecule has 0 aliphatic carbocycles. The zero-order valence-corrected chi connectivity index (χ0v) is 22.4. The summed E-state index contributed by atoms with van der Waals surface area (Å²) in [7, 11) is -9.79. The van der Waals surface area contributed by atoms with Crippen LogP contribution in [0.5, 0.6) is 11.5 Å². The number of aryl methyl sites for hydroxylation is 1. The number of rotatable bonds is 9. The summed E-state index contributed by atoms with van der Waals surface area (Å²) >= 11 is 0. The van der Waals surface area contributed by atoms with Crippen LogP contribution in [0.2, 0.25) is 0 Å². The first kappa shape index (κ1) is 30.4. The monoisotopic (exact) mass is 597 g/mol. The molecule has 0 atom stereocenters. The lowest BCUT2D eigenvalue weighted by atomic mass is 10.1. The van der Waals surface area contributed by atoms with Gasteiger partial charge < -0.3 is 18.2 Å². The lowest BCUT2D eigenvalue weighted by Gasteiger charge is -2.37. The molecule has 3 rings (SSSR count). The van der Waals surface area contributed by atoms with Crippen molar-refractivity contribution in [3.63, 3.8) is 0 Å². The van der Waals surface area contributed by atoms with Gasteiger partial charge in [0, 0.05) is 64.0 Å². The van der Waals surface area contributed by atoms with E-state index in [4.69, 9.17) is 9.11 Å². The van der Waals surface area contributed by atoms with Crippen LogP contribution in [0.4, 0.5) is 24.5 Å². The largest absolute Gasteiger partial charge is 0.446 e. The summed E-state index contributed by atoms with van der Waals surface area (Å²) < 4.78 is 111. The number of anilines is 2. The smallest absolute Gasteiger partial charge is 0.369 e. The SMILES string of the molecule is CC(=O)N(CCN1CCN(c2cc(OS(=O)(=O)O)cc(C(F)(F)F)c2)CC1)c1cc(OS(=O)(=O)O)ccc1C. The first-order valence-electron chi connectivity index (χ1n) is 11.3. The molecular formula is C22H26F3N3O9S2. The van der Waals surface area contributed by atoms with Gasteiger partial charge in [-0.2, -0.15) is 30.0 Å². The lowest BCUT2D eigenvalue weighted by Crippen LogP contribution is -2.49. The second kappa shape index (κ2) is 11.5. The zero-order valence-electron chi connectivity index (χ0n) is 20.8. The predicted molar refractivity (Wildman–Crippen MR) is 134 cm³/mol. The van der Waals surface area contributed by atoms with Crippen LogP contribution in [0, 0.1) is 6.92 Å². The number of halogens is 3. The molecule has 1 heterocycles. The van der Waals surface area contributed by atoms with Crippen molar-refractivity contribution in [3.05, 3.63) is 47.5 Å². The molecule has 2 aromatic carbocycles. The van der Waals surface area contributed by atoms with Gasteiger partial charge in [-0.15, -0.1) is 0 Å². The molecule has 0 radical (unpaired) electrons. The first-order valence-corrected chi connectivity index (χ1v) is 14.1. The Kier molecular flexibility index (Phi) is 9.01. The normalized spacial score (nSPS) is 15.2. The van der Waals surface area contributed by atoms with Gasteiger partial charge in [0.15, 0.2) is 0 Å². The third-order valence-corrected chi connectivity index (χ3v) is 6.66. The molecule has 0 bridgehead atoms.